The smallest absolute Gasteiger partial charge is 0.124 e. The zero-order chi connectivity index (χ0) is 21.9. The molecule has 1 spiro atoms. The maximum absolute atomic E-state index is 9.83. The molecule has 0 aromatic heterocycles. The highest BCUT2D eigenvalue weighted by Crippen LogP contribution is 2.66. The molecule has 0 bridgehead atoms. The Morgan fingerprint density at radius 2 is 1.81 bits per heavy atom. The van der Waals surface area contributed by atoms with E-state index in [1.807, 2.05) is 12.1 Å². The van der Waals surface area contributed by atoms with Gasteiger partial charge < -0.3 is 14.6 Å². The van der Waals surface area contributed by atoms with Gasteiger partial charge >= 0.3 is 0 Å². The van der Waals surface area contributed by atoms with Crippen LogP contribution in [0.2, 0.25) is 0 Å². The molecule has 0 aliphatic heterocycles. The zero-order valence-corrected chi connectivity index (χ0v) is 18.8. The first-order chi connectivity index (χ1) is 15.6. The van der Waals surface area contributed by atoms with E-state index in [2.05, 4.69) is 55.5 Å². The van der Waals surface area contributed by atoms with Crippen LogP contribution in [0.15, 0.2) is 60.7 Å². The number of methoxy groups -OCH3 is 1. The maximum Gasteiger partial charge on any atom is 0.124 e. The van der Waals surface area contributed by atoms with Crippen molar-refractivity contribution in [3.63, 3.8) is 0 Å². The van der Waals surface area contributed by atoms with Gasteiger partial charge in [0.2, 0.25) is 0 Å². The topological polar surface area (TPSA) is 38.7 Å². The molecule has 3 aromatic carbocycles. The SMILES string of the molecule is COc1cccc(-c2ccc3c(c2)CCC3Oc2ccc3c(c2)C2(CC3)C(C)C2CO)c1. The lowest BCUT2D eigenvalue weighted by Crippen LogP contribution is -2.09. The molecule has 1 saturated carbocycles. The molecule has 0 saturated heterocycles. The van der Waals surface area contributed by atoms with Crippen molar-refractivity contribution in [3.05, 3.63) is 82.9 Å². The van der Waals surface area contributed by atoms with Gasteiger partial charge in [0.15, 0.2) is 0 Å². The molecule has 3 aliphatic rings. The third-order valence-electron chi connectivity index (χ3n) is 8.40. The highest BCUT2D eigenvalue weighted by atomic mass is 16.5. The van der Waals surface area contributed by atoms with Gasteiger partial charge in [-0.1, -0.05) is 43.3 Å². The van der Waals surface area contributed by atoms with Gasteiger partial charge in [-0.2, -0.15) is 0 Å². The van der Waals surface area contributed by atoms with Crippen LogP contribution in [0.1, 0.15) is 48.1 Å². The average Bonchev–Trinajstić information content (AvgIpc) is 3.10. The first-order valence-corrected chi connectivity index (χ1v) is 11.8. The van der Waals surface area contributed by atoms with E-state index in [9.17, 15) is 5.11 Å². The summed E-state index contributed by atoms with van der Waals surface area (Å²) >= 11 is 0. The summed E-state index contributed by atoms with van der Waals surface area (Å²) in [5.41, 5.74) is 8.13. The second kappa shape index (κ2) is 7.38. The standard InChI is InChI=1S/C29H30O3/c1-18-27(17-30)29(18)13-12-19-6-9-24(16-26(19)29)32-28-11-8-22-14-21(7-10-25(22)28)20-4-3-5-23(15-20)31-2/h3-7,9-10,14-16,18,27-28,30H,8,11-13,17H2,1-2H3. The van der Waals surface area contributed by atoms with E-state index in [-0.39, 0.29) is 18.1 Å². The van der Waals surface area contributed by atoms with Crippen molar-refractivity contribution in [2.24, 2.45) is 11.8 Å². The molecule has 3 nitrogen and oxygen atoms in total. The van der Waals surface area contributed by atoms with E-state index >= 15 is 0 Å². The molecule has 32 heavy (non-hydrogen) atoms. The predicted molar refractivity (Wildman–Crippen MR) is 126 cm³/mol. The Bertz CT molecular complexity index is 1180. The monoisotopic (exact) mass is 426 g/mol. The minimum atomic E-state index is 0.102. The average molecular weight is 427 g/mol. The molecule has 3 aromatic rings. The summed E-state index contributed by atoms with van der Waals surface area (Å²) in [6.45, 7) is 2.58. The van der Waals surface area contributed by atoms with E-state index in [0.717, 1.165) is 37.2 Å². The van der Waals surface area contributed by atoms with Gasteiger partial charge in [0.1, 0.15) is 17.6 Å². The van der Waals surface area contributed by atoms with Crippen molar-refractivity contribution in [2.45, 2.75) is 44.1 Å². The van der Waals surface area contributed by atoms with E-state index in [1.54, 1.807) is 7.11 Å². The fourth-order valence-corrected chi connectivity index (χ4v) is 6.51. The number of ether oxygens (including phenoxy) is 2. The van der Waals surface area contributed by atoms with Crippen LogP contribution in [0.25, 0.3) is 11.1 Å². The van der Waals surface area contributed by atoms with Crippen molar-refractivity contribution in [3.8, 4) is 22.6 Å². The minimum Gasteiger partial charge on any atom is -0.497 e. The number of hydrogen-bond acceptors (Lipinski definition) is 3. The van der Waals surface area contributed by atoms with Crippen LogP contribution < -0.4 is 9.47 Å². The van der Waals surface area contributed by atoms with Crippen molar-refractivity contribution < 1.29 is 14.6 Å². The molecular formula is C29H30O3. The van der Waals surface area contributed by atoms with Crippen molar-refractivity contribution >= 4 is 0 Å². The maximum atomic E-state index is 9.83. The van der Waals surface area contributed by atoms with Gasteiger partial charge in [0.05, 0.1) is 7.11 Å². The summed E-state index contributed by atoms with van der Waals surface area (Å²) in [6, 6.07) is 21.6. The van der Waals surface area contributed by atoms with Crippen LogP contribution in [-0.4, -0.2) is 18.8 Å². The number of aryl methyl sites for hydroxylation is 2. The van der Waals surface area contributed by atoms with E-state index in [4.69, 9.17) is 9.47 Å². The molecule has 3 aliphatic carbocycles. The first-order valence-electron chi connectivity index (χ1n) is 11.8. The molecule has 1 fully saturated rings. The van der Waals surface area contributed by atoms with Crippen LogP contribution >= 0.6 is 0 Å². The number of hydrogen-bond donors (Lipinski definition) is 1. The van der Waals surface area contributed by atoms with Gasteiger partial charge in [0.25, 0.3) is 0 Å². The number of aliphatic hydroxyl groups is 1. The van der Waals surface area contributed by atoms with Crippen molar-refractivity contribution in [1.29, 1.82) is 0 Å². The molecule has 0 radical (unpaired) electrons. The Morgan fingerprint density at radius 3 is 2.62 bits per heavy atom. The lowest BCUT2D eigenvalue weighted by atomic mass is 9.93. The van der Waals surface area contributed by atoms with Gasteiger partial charge in [0, 0.05) is 12.0 Å². The van der Waals surface area contributed by atoms with Crippen LogP contribution in [0.3, 0.4) is 0 Å². The van der Waals surface area contributed by atoms with Gasteiger partial charge in [-0.25, -0.2) is 0 Å². The summed E-state index contributed by atoms with van der Waals surface area (Å²) in [7, 11) is 1.71. The van der Waals surface area contributed by atoms with Gasteiger partial charge in [-0.05, 0) is 95.2 Å². The third-order valence-corrected chi connectivity index (χ3v) is 8.40. The Labute approximate surface area is 190 Å². The summed E-state index contributed by atoms with van der Waals surface area (Å²) in [4.78, 5) is 0. The zero-order valence-electron chi connectivity index (χ0n) is 18.8. The second-order valence-electron chi connectivity index (χ2n) is 9.73. The summed E-state index contributed by atoms with van der Waals surface area (Å²) in [5, 5.41) is 9.83. The second-order valence-corrected chi connectivity index (χ2v) is 9.73. The molecule has 6 rings (SSSR count). The largest absolute Gasteiger partial charge is 0.497 e. The third kappa shape index (κ3) is 2.91. The predicted octanol–water partition coefficient (Wildman–Crippen LogP) is 5.87. The molecule has 4 unspecified atom stereocenters. The molecule has 3 heteroatoms. The van der Waals surface area contributed by atoms with E-state index in [0.29, 0.717) is 11.8 Å². The minimum absolute atomic E-state index is 0.102. The Kier molecular flexibility index (Phi) is 4.58. The van der Waals surface area contributed by atoms with Crippen LogP contribution in [0.5, 0.6) is 11.5 Å². The number of aliphatic hydroxyl groups excluding tert-OH is 1. The molecule has 164 valence electrons. The first kappa shape index (κ1) is 19.9. The lowest BCUT2D eigenvalue weighted by Gasteiger charge is -2.18. The van der Waals surface area contributed by atoms with Crippen LogP contribution in [-0.2, 0) is 18.3 Å². The fourth-order valence-electron chi connectivity index (χ4n) is 6.51. The molecule has 4 atom stereocenters. The van der Waals surface area contributed by atoms with Gasteiger partial charge in [-0.3, -0.25) is 0 Å². The molecule has 0 amide bonds. The van der Waals surface area contributed by atoms with Gasteiger partial charge in [-0.15, -0.1) is 0 Å². The summed E-state index contributed by atoms with van der Waals surface area (Å²) < 4.78 is 11.9. The Hall–Kier alpha value is -2.78. The Morgan fingerprint density at radius 1 is 0.938 bits per heavy atom. The van der Waals surface area contributed by atoms with E-state index < -0.39 is 0 Å². The quantitative estimate of drug-likeness (QED) is 0.554. The van der Waals surface area contributed by atoms with Crippen molar-refractivity contribution in [1.82, 2.24) is 0 Å². The van der Waals surface area contributed by atoms with Crippen molar-refractivity contribution in [2.75, 3.05) is 13.7 Å². The summed E-state index contributed by atoms with van der Waals surface area (Å²) in [6.07, 6.45) is 4.43. The summed E-state index contributed by atoms with van der Waals surface area (Å²) in [5.74, 6) is 2.81. The van der Waals surface area contributed by atoms with E-state index in [1.165, 1.54) is 33.4 Å². The number of fused-ring (bicyclic) bond motifs is 3. The molecule has 0 heterocycles. The Balaban J connectivity index is 1.25. The lowest BCUT2D eigenvalue weighted by molar-refractivity contribution is 0.207. The normalized spacial score (nSPS) is 27.3. The number of benzene rings is 3. The van der Waals surface area contributed by atoms with Crippen LogP contribution in [0, 0.1) is 11.8 Å². The number of rotatable bonds is 5. The molecule has 1 N–H and O–H groups in total. The fraction of sp³-hybridized carbons (Fsp3) is 0.379. The molecular weight excluding hydrogens is 396 g/mol. The van der Waals surface area contributed by atoms with Crippen LogP contribution in [0.4, 0.5) is 0 Å². The highest BCUT2D eigenvalue weighted by molar-refractivity contribution is 5.67. The highest BCUT2D eigenvalue weighted by Gasteiger charge is 2.64.